The molecule has 2 amide bonds. The van der Waals surface area contributed by atoms with Gasteiger partial charge in [0.15, 0.2) is 5.75 Å². The van der Waals surface area contributed by atoms with Crippen LogP contribution in [0.4, 0.5) is 5.69 Å². The Kier molecular flexibility index (Phi) is 10.8. The maximum atomic E-state index is 13.7. The number of nitrogens with one attached hydrogen (secondary N) is 2. The maximum Gasteiger partial charge on any atom is 0.242 e. The summed E-state index contributed by atoms with van der Waals surface area (Å²) in [6, 6.07) is 20.7. The number of halogens is 3. The Bertz CT molecular complexity index is 1320. The highest BCUT2D eigenvalue weighted by Crippen LogP contribution is 2.35. The third-order valence-corrected chi connectivity index (χ3v) is 8.08. The third-order valence-electron chi connectivity index (χ3n) is 7.60. The van der Waals surface area contributed by atoms with Gasteiger partial charge in [0.2, 0.25) is 11.8 Å². The molecule has 1 heterocycles. The summed E-state index contributed by atoms with van der Waals surface area (Å²) in [5.41, 5.74) is 3.12. The Labute approximate surface area is 257 Å². The van der Waals surface area contributed by atoms with Crippen LogP contribution in [0.5, 0.6) is 11.5 Å². The van der Waals surface area contributed by atoms with Crippen LogP contribution in [0.1, 0.15) is 24.0 Å². The molecule has 3 aromatic rings. The molecule has 1 aliphatic carbocycles. The molecule has 0 spiro atoms. The number of likely N-dealkylation sites (N-methyl/N-ethyl adjacent to an activating group) is 1. The molecule has 41 heavy (non-hydrogen) atoms. The quantitative estimate of drug-likeness (QED) is 0.332. The summed E-state index contributed by atoms with van der Waals surface area (Å²) in [6.45, 7) is 1.67. The van der Waals surface area contributed by atoms with Gasteiger partial charge in [0, 0.05) is 35.7 Å². The van der Waals surface area contributed by atoms with E-state index in [2.05, 4.69) is 22.8 Å². The molecule has 0 bridgehead atoms. The van der Waals surface area contributed by atoms with Crippen LogP contribution >= 0.6 is 35.6 Å². The molecule has 0 radical (unpaired) electrons. The maximum absolute atomic E-state index is 13.7. The van der Waals surface area contributed by atoms with Crippen LogP contribution in [0.3, 0.4) is 0 Å². The van der Waals surface area contributed by atoms with E-state index in [1.807, 2.05) is 19.2 Å². The number of benzene rings is 3. The number of hydrogen-bond donors (Lipinski definition) is 2. The largest absolute Gasteiger partial charge is 0.455 e. The monoisotopic (exact) mass is 616 g/mol. The molecule has 1 aliphatic heterocycles. The molecule has 1 saturated heterocycles. The fourth-order valence-electron chi connectivity index (χ4n) is 5.39. The highest BCUT2D eigenvalue weighted by atomic mass is 35.5. The Hall–Kier alpha value is -2.97. The van der Waals surface area contributed by atoms with Crippen LogP contribution in [-0.2, 0) is 22.4 Å². The molecule has 2 aliphatic rings. The van der Waals surface area contributed by atoms with Crippen molar-refractivity contribution in [3.8, 4) is 11.5 Å². The van der Waals surface area contributed by atoms with Crippen molar-refractivity contribution >= 4 is 53.1 Å². The topological polar surface area (TPSA) is 73.9 Å². The first kappa shape index (κ1) is 31.0. The van der Waals surface area contributed by atoms with Crippen LogP contribution < -0.4 is 20.3 Å². The van der Waals surface area contributed by atoms with Gasteiger partial charge in [-0.25, -0.2) is 0 Å². The van der Waals surface area contributed by atoms with Crippen LogP contribution in [0.25, 0.3) is 0 Å². The summed E-state index contributed by atoms with van der Waals surface area (Å²) in [5, 5.41) is 7.52. The average molecular weight is 618 g/mol. The molecule has 3 aromatic carbocycles. The van der Waals surface area contributed by atoms with E-state index < -0.39 is 0 Å². The number of piperidine rings is 1. The minimum atomic E-state index is -0.158. The van der Waals surface area contributed by atoms with Crippen LogP contribution in [-0.4, -0.2) is 62.0 Å². The van der Waals surface area contributed by atoms with Gasteiger partial charge in [-0.3, -0.25) is 9.59 Å². The lowest BCUT2D eigenvalue weighted by molar-refractivity contribution is -0.130. The van der Waals surface area contributed by atoms with Crippen molar-refractivity contribution in [2.45, 2.75) is 37.8 Å². The van der Waals surface area contributed by atoms with E-state index in [-0.39, 0.29) is 49.4 Å². The second kappa shape index (κ2) is 14.3. The zero-order valence-corrected chi connectivity index (χ0v) is 25.3. The fourth-order valence-corrected chi connectivity index (χ4v) is 5.68. The summed E-state index contributed by atoms with van der Waals surface area (Å²) in [4.78, 5) is 30.5. The summed E-state index contributed by atoms with van der Waals surface area (Å²) < 4.78 is 6.19. The van der Waals surface area contributed by atoms with Crippen LogP contribution in [0, 0.1) is 0 Å². The first-order valence-electron chi connectivity index (χ1n) is 13.7. The minimum absolute atomic E-state index is 0. The Morgan fingerprint density at radius 3 is 2.32 bits per heavy atom. The predicted octanol–water partition coefficient (Wildman–Crippen LogP) is 5.51. The molecular formula is C31H35Cl3N4O3. The van der Waals surface area contributed by atoms with Crippen molar-refractivity contribution < 1.29 is 14.3 Å². The molecule has 2 N–H and O–H groups in total. The molecular weight excluding hydrogens is 583 g/mol. The van der Waals surface area contributed by atoms with Crippen molar-refractivity contribution in [1.29, 1.82) is 0 Å². The van der Waals surface area contributed by atoms with E-state index in [1.165, 1.54) is 11.1 Å². The summed E-state index contributed by atoms with van der Waals surface area (Å²) in [6.07, 6.45) is 3.56. The fraction of sp³-hybridized carbons (Fsp3) is 0.355. The van der Waals surface area contributed by atoms with Gasteiger partial charge < -0.3 is 25.2 Å². The number of fused-ring (bicyclic) bond motifs is 1. The zero-order valence-electron chi connectivity index (χ0n) is 22.9. The van der Waals surface area contributed by atoms with Gasteiger partial charge in [-0.05, 0) is 85.8 Å². The molecule has 0 aromatic heterocycles. The Morgan fingerprint density at radius 2 is 1.66 bits per heavy atom. The second-order valence-electron chi connectivity index (χ2n) is 10.5. The molecule has 5 rings (SSSR count). The van der Waals surface area contributed by atoms with Gasteiger partial charge in [-0.2, -0.15) is 0 Å². The molecule has 7 nitrogen and oxygen atoms in total. The van der Waals surface area contributed by atoms with Crippen molar-refractivity contribution in [3.63, 3.8) is 0 Å². The molecule has 1 unspecified atom stereocenters. The standard InChI is InChI=1S/C31H34Cl2N4O3.ClH/c1-36(26-15-21-5-2-3-6-22(21)16-26)31(39)20-37(19-30(38)35-25-7-4-14-34-18-25)28-17-24(33)10-13-29(28)40-27-11-8-23(32)9-12-27;/h2-3,5-6,8-13,17,25-26,34H,4,7,14-16,18-20H2,1H3,(H,35,38);1H. The van der Waals surface area contributed by atoms with E-state index in [9.17, 15) is 9.59 Å². The summed E-state index contributed by atoms with van der Waals surface area (Å²) in [5.74, 6) is 0.831. The summed E-state index contributed by atoms with van der Waals surface area (Å²) in [7, 11) is 1.84. The van der Waals surface area contributed by atoms with Gasteiger partial charge >= 0.3 is 0 Å². The lowest BCUT2D eigenvalue weighted by Crippen LogP contribution is -2.50. The normalized spacial score (nSPS) is 16.3. The number of amides is 2. The number of ether oxygens (including phenoxy) is 1. The Balaban J connectivity index is 0.00000387. The molecule has 1 atom stereocenters. The molecule has 10 heteroatoms. The lowest BCUT2D eigenvalue weighted by Gasteiger charge is -2.31. The van der Waals surface area contributed by atoms with E-state index in [0.29, 0.717) is 27.2 Å². The number of rotatable bonds is 9. The lowest BCUT2D eigenvalue weighted by atomic mass is 10.1. The number of carbonyl (C=O) groups is 2. The third kappa shape index (κ3) is 8.07. The Morgan fingerprint density at radius 1 is 0.976 bits per heavy atom. The number of carbonyl (C=O) groups excluding carboxylic acids is 2. The van der Waals surface area contributed by atoms with Crippen molar-refractivity contribution in [2.75, 3.05) is 38.1 Å². The highest BCUT2D eigenvalue weighted by Gasteiger charge is 2.29. The molecule has 0 saturated carbocycles. The zero-order chi connectivity index (χ0) is 28.1. The van der Waals surface area contributed by atoms with Crippen molar-refractivity contribution in [2.24, 2.45) is 0 Å². The van der Waals surface area contributed by atoms with Crippen LogP contribution in [0.2, 0.25) is 10.0 Å². The van der Waals surface area contributed by atoms with Gasteiger partial charge in [0.1, 0.15) is 5.75 Å². The first-order valence-corrected chi connectivity index (χ1v) is 14.4. The SMILES string of the molecule is CN(C(=O)CN(CC(=O)NC1CCCNC1)c1cc(Cl)ccc1Oc1ccc(Cl)cc1)C1Cc2ccccc2C1.Cl. The summed E-state index contributed by atoms with van der Waals surface area (Å²) >= 11 is 12.5. The smallest absolute Gasteiger partial charge is 0.242 e. The van der Waals surface area contributed by atoms with E-state index in [0.717, 1.165) is 38.8 Å². The van der Waals surface area contributed by atoms with Crippen molar-refractivity contribution in [1.82, 2.24) is 15.5 Å². The number of anilines is 1. The molecule has 1 fully saturated rings. The first-order chi connectivity index (χ1) is 19.4. The van der Waals surface area contributed by atoms with E-state index in [4.69, 9.17) is 27.9 Å². The van der Waals surface area contributed by atoms with Crippen molar-refractivity contribution in [3.05, 3.63) is 87.9 Å². The number of hydrogen-bond acceptors (Lipinski definition) is 5. The van der Waals surface area contributed by atoms with Gasteiger partial charge in [0.25, 0.3) is 0 Å². The van der Waals surface area contributed by atoms with Crippen LogP contribution in [0.15, 0.2) is 66.7 Å². The minimum Gasteiger partial charge on any atom is -0.455 e. The van der Waals surface area contributed by atoms with Gasteiger partial charge in [0.05, 0.1) is 18.8 Å². The predicted molar refractivity (Wildman–Crippen MR) is 167 cm³/mol. The molecule has 218 valence electrons. The highest BCUT2D eigenvalue weighted by molar-refractivity contribution is 6.31. The van der Waals surface area contributed by atoms with Gasteiger partial charge in [-0.15, -0.1) is 12.4 Å². The average Bonchev–Trinajstić information content (AvgIpc) is 3.39. The van der Waals surface area contributed by atoms with E-state index in [1.54, 1.807) is 52.3 Å². The second-order valence-corrected chi connectivity index (χ2v) is 11.3. The van der Waals surface area contributed by atoms with E-state index >= 15 is 0 Å². The van der Waals surface area contributed by atoms with Gasteiger partial charge in [-0.1, -0.05) is 47.5 Å². The number of nitrogens with zero attached hydrogens (tertiary/aromatic N) is 2.